The van der Waals surface area contributed by atoms with Crippen LogP contribution in [0.3, 0.4) is 0 Å². The average molecular weight is 777 g/mol. The highest BCUT2D eigenvalue weighted by Gasteiger charge is 2.44. The van der Waals surface area contributed by atoms with Gasteiger partial charge in [-0.05, 0) is 101 Å². The van der Waals surface area contributed by atoms with Gasteiger partial charge in [0.1, 0.15) is 0 Å². The Bertz CT molecular complexity index is 1180. The Hall–Kier alpha value is -1.93. The summed E-state index contributed by atoms with van der Waals surface area (Å²) in [7, 11) is -2.13. The molecule has 0 N–H and O–H groups in total. The molecule has 2 rings (SSSR count). The molecule has 8 unspecified atom stereocenters. The van der Waals surface area contributed by atoms with Gasteiger partial charge in [-0.15, -0.1) is 0 Å². The van der Waals surface area contributed by atoms with Crippen LogP contribution in [0.4, 0.5) is 0 Å². The van der Waals surface area contributed by atoms with Gasteiger partial charge in [0.15, 0.2) is 0 Å². The Balaban J connectivity index is 1.88. The van der Waals surface area contributed by atoms with E-state index in [0.717, 1.165) is 12.8 Å². The molecule has 2 aliphatic rings. The quantitative estimate of drug-likeness (QED) is 0.0490. The molecular weight excluding hydrogens is 701 g/mol. The predicted molar refractivity (Wildman–Crippen MR) is 219 cm³/mol. The summed E-state index contributed by atoms with van der Waals surface area (Å²) in [6, 6.07) is 1.22. The maximum Gasteiger partial charge on any atom is 0.325 e. The van der Waals surface area contributed by atoms with E-state index in [1.807, 2.05) is 13.1 Å². The lowest BCUT2D eigenvalue weighted by Crippen LogP contribution is -2.51. The number of amides is 4. The number of allylic oxidation sites excluding steroid dienone is 4. The third-order valence-electron chi connectivity index (χ3n) is 11.4. The number of hydrogen-bond donors (Lipinski definition) is 0. The van der Waals surface area contributed by atoms with Crippen molar-refractivity contribution in [2.75, 3.05) is 27.3 Å². The smallest absolute Gasteiger partial charge is 0.325 e. The van der Waals surface area contributed by atoms with E-state index in [-0.39, 0.29) is 48.3 Å². The van der Waals surface area contributed by atoms with Crippen molar-refractivity contribution in [3.05, 3.63) is 23.3 Å². The molecule has 53 heavy (non-hydrogen) atoms. The first kappa shape index (κ1) is 47.2. The second kappa shape index (κ2) is 22.6. The fourth-order valence-corrected chi connectivity index (χ4v) is 15.9. The molecule has 2 saturated heterocycles. The van der Waals surface area contributed by atoms with Gasteiger partial charge in [-0.2, -0.15) is 0 Å². The van der Waals surface area contributed by atoms with Gasteiger partial charge in [-0.25, -0.2) is 0 Å². The van der Waals surface area contributed by atoms with Crippen molar-refractivity contribution in [2.24, 2.45) is 35.5 Å². The molecule has 2 aliphatic heterocycles. The maximum absolute atomic E-state index is 13.3. The van der Waals surface area contributed by atoms with Crippen molar-refractivity contribution in [3.63, 3.8) is 0 Å². The van der Waals surface area contributed by atoms with E-state index in [4.69, 9.17) is 13.0 Å². The molecule has 8 atom stereocenters. The van der Waals surface area contributed by atoms with Gasteiger partial charge in [0.2, 0.25) is 23.6 Å². The predicted octanol–water partition coefficient (Wildman–Crippen LogP) is 9.57. The van der Waals surface area contributed by atoms with Crippen molar-refractivity contribution in [1.29, 1.82) is 0 Å². The van der Waals surface area contributed by atoms with Gasteiger partial charge in [0.05, 0.1) is 11.8 Å². The van der Waals surface area contributed by atoms with E-state index in [9.17, 15) is 19.2 Å². The molecule has 0 aromatic carbocycles. The Morgan fingerprint density at radius 2 is 1.06 bits per heavy atom. The van der Waals surface area contributed by atoms with E-state index >= 15 is 0 Å². The van der Waals surface area contributed by atoms with Crippen LogP contribution >= 0.6 is 0 Å². The summed E-state index contributed by atoms with van der Waals surface area (Å²) in [6.07, 6.45) is 14.7. The fraction of sp³-hybridized carbons (Fsp3) is 0.810. The van der Waals surface area contributed by atoms with Crippen LogP contribution in [0.2, 0.25) is 25.2 Å². The summed E-state index contributed by atoms with van der Waals surface area (Å²) < 4.78 is 18.7. The van der Waals surface area contributed by atoms with Crippen LogP contribution in [0.15, 0.2) is 23.3 Å². The monoisotopic (exact) mass is 777 g/mol. The molecule has 0 aromatic rings. The molecule has 0 bridgehead atoms. The minimum absolute atomic E-state index is 0.0707. The van der Waals surface area contributed by atoms with E-state index in [0.29, 0.717) is 74.5 Å². The topological polar surface area (TPSA) is 102 Å². The molecule has 2 fully saturated rings. The van der Waals surface area contributed by atoms with Gasteiger partial charge in [-0.3, -0.25) is 29.0 Å². The average Bonchev–Trinajstić information content (AvgIpc) is 3.48. The zero-order chi connectivity index (χ0) is 39.9. The molecule has 0 aromatic heterocycles. The number of imide groups is 2. The first-order valence-corrected chi connectivity index (χ1v) is 25.8. The van der Waals surface area contributed by atoms with Crippen molar-refractivity contribution in [2.45, 2.75) is 158 Å². The van der Waals surface area contributed by atoms with Gasteiger partial charge >= 0.3 is 17.1 Å². The van der Waals surface area contributed by atoms with Gasteiger partial charge in [0, 0.05) is 40.2 Å². The number of hydrogen-bond acceptors (Lipinski definition) is 7. The summed E-state index contributed by atoms with van der Waals surface area (Å²) in [4.78, 5) is 55.3. The van der Waals surface area contributed by atoms with Crippen LogP contribution < -0.4 is 0 Å². The lowest BCUT2D eigenvalue weighted by Gasteiger charge is -2.36. The van der Waals surface area contributed by atoms with E-state index in [1.165, 1.54) is 46.6 Å². The standard InChI is InChI=1S/C42H76N2O7Si2/c1-13-17-31(3)23-33(5)25-35(7)27-37-29-39(45)43(41(37)47)19-15-21-52(11,49-9)51-53(12,50-10)22-16-20-44-40(46)30-38(42(44)48)28-36(8)26-34(6)24-32(4)18-14-2/h25-26,31-34,37-38H,13-24,27-30H2,1-12H3/b35-25+,36-26+. The number of carbonyl (C=O) groups excluding carboxylic acids is 4. The van der Waals surface area contributed by atoms with Crippen molar-refractivity contribution >= 4 is 40.8 Å². The van der Waals surface area contributed by atoms with E-state index in [1.54, 1.807) is 14.2 Å². The summed E-state index contributed by atoms with van der Waals surface area (Å²) in [5.41, 5.74) is 2.37. The molecule has 2 heterocycles. The van der Waals surface area contributed by atoms with Crippen LogP contribution in [0.25, 0.3) is 0 Å². The van der Waals surface area contributed by atoms with Gasteiger partial charge in [-0.1, -0.05) is 90.5 Å². The molecular formula is C42H76N2O7Si2. The Kier molecular flexibility index (Phi) is 20.1. The molecule has 304 valence electrons. The van der Waals surface area contributed by atoms with E-state index in [2.05, 4.69) is 67.5 Å². The Morgan fingerprint density at radius 3 is 1.38 bits per heavy atom. The first-order valence-electron chi connectivity index (χ1n) is 20.7. The highest BCUT2D eigenvalue weighted by Crippen LogP contribution is 2.31. The number of likely N-dealkylation sites (tertiary alicyclic amines) is 2. The van der Waals surface area contributed by atoms with Crippen LogP contribution in [0, 0.1) is 35.5 Å². The normalized spacial score (nSPS) is 23.4. The third-order valence-corrected chi connectivity index (χ3v) is 19.1. The lowest BCUT2D eigenvalue weighted by atomic mass is 9.90. The Morgan fingerprint density at radius 1 is 0.698 bits per heavy atom. The van der Waals surface area contributed by atoms with Crippen molar-refractivity contribution in [1.82, 2.24) is 9.80 Å². The minimum Gasteiger partial charge on any atom is -0.415 e. The van der Waals surface area contributed by atoms with Gasteiger partial charge in [0.25, 0.3) is 0 Å². The molecule has 0 aliphatic carbocycles. The van der Waals surface area contributed by atoms with Gasteiger partial charge < -0.3 is 13.0 Å². The highest BCUT2D eigenvalue weighted by molar-refractivity contribution is 6.80. The van der Waals surface area contributed by atoms with Crippen LogP contribution in [0.5, 0.6) is 0 Å². The van der Waals surface area contributed by atoms with E-state index < -0.39 is 17.1 Å². The SMILES string of the molecule is CCCC(C)CC(C)/C=C(\C)CC1CC(=O)N(CCC[Si](C)(OC)O[Si](C)(CCCN2C(=O)CC(C/C(C)=C/C(C)CC(C)CCC)C2=O)OC)C1=O. The zero-order valence-electron chi connectivity index (χ0n) is 35.7. The van der Waals surface area contributed by atoms with Crippen LogP contribution in [-0.4, -0.2) is 77.9 Å². The first-order chi connectivity index (χ1) is 24.9. The lowest BCUT2D eigenvalue weighted by molar-refractivity contribution is -0.140. The molecule has 4 amide bonds. The molecule has 0 saturated carbocycles. The molecule has 0 spiro atoms. The zero-order valence-corrected chi connectivity index (χ0v) is 37.7. The fourth-order valence-electron chi connectivity index (χ4n) is 8.77. The summed E-state index contributed by atoms with van der Waals surface area (Å²) in [5, 5.41) is 0. The summed E-state index contributed by atoms with van der Waals surface area (Å²) >= 11 is 0. The Labute approximate surface area is 325 Å². The summed E-state index contributed by atoms with van der Waals surface area (Å²) in [6.45, 7) is 22.4. The number of carbonyl (C=O) groups is 4. The molecule has 9 nitrogen and oxygen atoms in total. The van der Waals surface area contributed by atoms with Crippen molar-refractivity contribution < 1.29 is 32.1 Å². The van der Waals surface area contributed by atoms with Crippen molar-refractivity contribution in [3.8, 4) is 0 Å². The van der Waals surface area contributed by atoms with Crippen LogP contribution in [0.1, 0.15) is 132 Å². The second-order valence-corrected chi connectivity index (χ2v) is 24.4. The molecule has 0 radical (unpaired) electrons. The molecule has 11 heteroatoms. The second-order valence-electron chi connectivity index (χ2n) is 17.2. The number of nitrogens with zero attached hydrogens (tertiary/aromatic N) is 2. The number of rotatable bonds is 26. The minimum atomic E-state index is -2.72. The summed E-state index contributed by atoms with van der Waals surface area (Å²) in [5.74, 6) is 1.36. The largest absolute Gasteiger partial charge is 0.415 e. The van der Waals surface area contributed by atoms with Crippen LogP contribution in [-0.2, 0) is 32.1 Å². The maximum atomic E-state index is 13.3. The highest BCUT2D eigenvalue weighted by atomic mass is 28.5. The third kappa shape index (κ3) is 15.6.